The van der Waals surface area contributed by atoms with Crippen molar-refractivity contribution in [3.8, 4) is 39.7 Å². The Labute approximate surface area is 308 Å². The van der Waals surface area contributed by atoms with E-state index in [4.69, 9.17) is 15.0 Å². The topological polar surface area (TPSA) is 60.9 Å². The molecule has 12 rings (SSSR count). The number of hydrogen-bond donors (Lipinski definition) is 0. The number of aromatic nitrogens is 6. The highest BCUT2D eigenvalue weighted by Gasteiger charge is 2.24. The molecule has 250 valence electrons. The predicted molar refractivity (Wildman–Crippen MR) is 220 cm³/mol. The summed E-state index contributed by atoms with van der Waals surface area (Å²) in [6.45, 7) is 0. The van der Waals surface area contributed by atoms with Crippen LogP contribution in [0.25, 0.3) is 111 Å². The minimum absolute atomic E-state index is 0.773. The van der Waals surface area contributed by atoms with Crippen LogP contribution in [0.3, 0.4) is 0 Å². The van der Waals surface area contributed by atoms with Gasteiger partial charge in [-0.25, -0.2) is 15.0 Å². The molecule has 0 N–H and O–H groups in total. The normalized spacial score (nSPS) is 12.1. The zero-order valence-corrected chi connectivity index (χ0v) is 28.8. The van der Waals surface area contributed by atoms with Crippen molar-refractivity contribution in [2.24, 2.45) is 0 Å². The SMILES string of the molecule is c1ccc(-c2nc3c(ccc4cc(-n5c6cccc7c8ccccc8n8c(-c9ccccc9)nc9ccc5c(c76)c98)ccc43)nc2-c2ccccn2)cc1. The number of hydrogen-bond acceptors (Lipinski definition) is 4. The van der Waals surface area contributed by atoms with Gasteiger partial charge in [-0.15, -0.1) is 0 Å². The summed E-state index contributed by atoms with van der Waals surface area (Å²) in [7, 11) is 0. The van der Waals surface area contributed by atoms with Gasteiger partial charge in [-0.2, -0.15) is 0 Å². The third-order valence-electron chi connectivity index (χ3n) is 10.9. The Balaban J connectivity index is 1.14. The molecule has 0 aliphatic rings. The zero-order chi connectivity index (χ0) is 35.3. The Kier molecular flexibility index (Phi) is 5.96. The second-order valence-corrected chi connectivity index (χ2v) is 13.9. The lowest BCUT2D eigenvalue weighted by molar-refractivity contribution is 1.19. The molecule has 0 amide bonds. The second-order valence-electron chi connectivity index (χ2n) is 13.9. The van der Waals surface area contributed by atoms with E-state index in [1.54, 1.807) is 6.20 Å². The van der Waals surface area contributed by atoms with Crippen LogP contribution in [0.4, 0.5) is 0 Å². The zero-order valence-electron chi connectivity index (χ0n) is 28.8. The van der Waals surface area contributed by atoms with Crippen molar-refractivity contribution < 1.29 is 0 Å². The molecule has 0 spiro atoms. The maximum absolute atomic E-state index is 5.33. The van der Waals surface area contributed by atoms with Gasteiger partial charge in [-0.3, -0.25) is 9.38 Å². The Morgan fingerprint density at radius 2 is 1.19 bits per heavy atom. The molecule has 12 aromatic rings. The smallest absolute Gasteiger partial charge is 0.145 e. The van der Waals surface area contributed by atoms with Crippen LogP contribution in [-0.2, 0) is 0 Å². The standard InChI is InChI=1S/C48H28N6/c1-3-12-29(13-4-1)44-46(36-18-9-10-27-49-36)50-37-24-21-31-28-32(22-23-33(31)45(37)52-44)53-40-20-11-17-35-34-16-7-8-19-39(34)54-47-38(25-26-41(53)43(47)42(35)40)51-48(54)30-14-5-2-6-15-30/h1-28H. The number of rotatable bonds is 4. The second kappa shape index (κ2) is 11.0. The van der Waals surface area contributed by atoms with Gasteiger partial charge in [0, 0.05) is 44.6 Å². The summed E-state index contributed by atoms with van der Waals surface area (Å²) in [4.78, 5) is 20.4. The van der Waals surface area contributed by atoms with Crippen molar-refractivity contribution in [3.63, 3.8) is 0 Å². The summed E-state index contributed by atoms with van der Waals surface area (Å²) in [6, 6.07) is 57.5. The Morgan fingerprint density at radius 3 is 2.04 bits per heavy atom. The summed E-state index contributed by atoms with van der Waals surface area (Å²) in [5.41, 5.74) is 12.8. The Bertz CT molecular complexity index is 3420. The summed E-state index contributed by atoms with van der Waals surface area (Å²) >= 11 is 0. The summed E-state index contributed by atoms with van der Waals surface area (Å²) in [5.74, 6) is 0.944. The monoisotopic (exact) mass is 688 g/mol. The first kappa shape index (κ1) is 29.2. The molecule has 0 bridgehead atoms. The minimum Gasteiger partial charge on any atom is -0.309 e. The predicted octanol–water partition coefficient (Wildman–Crippen LogP) is 11.7. The molecule has 0 aliphatic heterocycles. The molecule has 5 heterocycles. The maximum Gasteiger partial charge on any atom is 0.145 e. The van der Waals surface area contributed by atoms with E-state index in [9.17, 15) is 0 Å². The molecular formula is C48H28N6. The molecule has 0 atom stereocenters. The molecule has 0 fully saturated rings. The first-order chi connectivity index (χ1) is 26.8. The third kappa shape index (κ3) is 4.05. The molecule has 7 aromatic carbocycles. The van der Waals surface area contributed by atoms with Crippen molar-refractivity contribution in [1.82, 2.24) is 28.9 Å². The molecule has 54 heavy (non-hydrogen) atoms. The summed E-state index contributed by atoms with van der Waals surface area (Å²) in [5, 5.41) is 7.02. The molecule has 0 aliphatic carbocycles. The van der Waals surface area contributed by atoms with Crippen molar-refractivity contribution >= 4 is 70.9 Å². The fraction of sp³-hybridized carbons (Fsp3) is 0. The van der Waals surface area contributed by atoms with E-state index in [0.29, 0.717) is 0 Å². The van der Waals surface area contributed by atoms with Gasteiger partial charge in [-0.05, 0) is 65.4 Å². The quantitative estimate of drug-likeness (QED) is 0.173. The van der Waals surface area contributed by atoms with E-state index in [-0.39, 0.29) is 0 Å². The molecule has 6 heteroatoms. The molecule has 0 saturated carbocycles. The molecule has 0 radical (unpaired) electrons. The summed E-state index contributed by atoms with van der Waals surface area (Å²) < 4.78 is 4.79. The molecule has 0 saturated heterocycles. The molecule has 6 nitrogen and oxygen atoms in total. The lowest BCUT2D eigenvalue weighted by Crippen LogP contribution is -1.98. The van der Waals surface area contributed by atoms with Gasteiger partial charge < -0.3 is 4.57 Å². The van der Waals surface area contributed by atoms with E-state index in [1.807, 2.05) is 36.4 Å². The van der Waals surface area contributed by atoms with E-state index in [1.165, 1.54) is 21.5 Å². The van der Waals surface area contributed by atoms with Crippen LogP contribution in [-0.4, -0.2) is 28.9 Å². The van der Waals surface area contributed by atoms with Crippen LogP contribution in [0.15, 0.2) is 170 Å². The highest BCUT2D eigenvalue weighted by atomic mass is 15.0. The first-order valence-electron chi connectivity index (χ1n) is 18.2. The van der Waals surface area contributed by atoms with Gasteiger partial charge in [0.15, 0.2) is 0 Å². The Morgan fingerprint density at radius 1 is 0.444 bits per heavy atom. The van der Waals surface area contributed by atoms with Gasteiger partial charge in [0.05, 0.1) is 50.0 Å². The number of para-hydroxylation sites is 1. The van der Waals surface area contributed by atoms with Crippen LogP contribution < -0.4 is 0 Å². The fourth-order valence-corrected chi connectivity index (χ4v) is 8.58. The van der Waals surface area contributed by atoms with Gasteiger partial charge in [0.25, 0.3) is 0 Å². The number of imidazole rings is 1. The number of benzene rings is 7. The molecule has 5 aromatic heterocycles. The summed E-state index contributed by atoms with van der Waals surface area (Å²) in [6.07, 6.45) is 1.80. The average molecular weight is 689 g/mol. The van der Waals surface area contributed by atoms with Gasteiger partial charge in [-0.1, -0.05) is 109 Å². The van der Waals surface area contributed by atoms with Crippen LogP contribution >= 0.6 is 0 Å². The van der Waals surface area contributed by atoms with E-state index in [0.717, 1.165) is 89.1 Å². The van der Waals surface area contributed by atoms with Crippen LogP contribution in [0.1, 0.15) is 0 Å². The number of nitrogens with zero attached hydrogens (tertiary/aromatic N) is 6. The van der Waals surface area contributed by atoms with E-state index >= 15 is 0 Å². The average Bonchev–Trinajstić information content (AvgIpc) is 3.76. The lowest BCUT2D eigenvalue weighted by atomic mass is 10.0. The van der Waals surface area contributed by atoms with Gasteiger partial charge in [0.2, 0.25) is 0 Å². The van der Waals surface area contributed by atoms with Gasteiger partial charge in [0.1, 0.15) is 11.5 Å². The van der Waals surface area contributed by atoms with E-state index in [2.05, 4.69) is 141 Å². The lowest BCUT2D eigenvalue weighted by Gasteiger charge is -2.13. The van der Waals surface area contributed by atoms with Crippen molar-refractivity contribution in [2.75, 3.05) is 0 Å². The first-order valence-corrected chi connectivity index (χ1v) is 18.2. The maximum atomic E-state index is 5.33. The number of pyridine rings is 1. The number of fused-ring (bicyclic) bond motifs is 6. The highest BCUT2D eigenvalue weighted by molar-refractivity contribution is 6.30. The molecular weight excluding hydrogens is 661 g/mol. The van der Waals surface area contributed by atoms with Crippen molar-refractivity contribution in [1.29, 1.82) is 0 Å². The third-order valence-corrected chi connectivity index (χ3v) is 10.9. The van der Waals surface area contributed by atoms with Crippen molar-refractivity contribution in [2.45, 2.75) is 0 Å². The molecule has 0 unspecified atom stereocenters. The van der Waals surface area contributed by atoms with Gasteiger partial charge >= 0.3 is 0 Å². The largest absolute Gasteiger partial charge is 0.309 e. The highest BCUT2D eigenvalue weighted by Crippen LogP contribution is 2.44. The van der Waals surface area contributed by atoms with Crippen molar-refractivity contribution in [3.05, 3.63) is 170 Å². The minimum atomic E-state index is 0.773. The van der Waals surface area contributed by atoms with E-state index < -0.39 is 0 Å². The fourth-order valence-electron chi connectivity index (χ4n) is 8.58. The van der Waals surface area contributed by atoms with Crippen LogP contribution in [0.5, 0.6) is 0 Å². The van der Waals surface area contributed by atoms with Crippen LogP contribution in [0, 0.1) is 0 Å². The van der Waals surface area contributed by atoms with Crippen LogP contribution in [0.2, 0.25) is 0 Å². The Hall–Kier alpha value is -7.44.